The summed E-state index contributed by atoms with van der Waals surface area (Å²) in [5.74, 6) is -0.897. The fraction of sp³-hybridized carbons (Fsp3) is 0.300. The van der Waals surface area contributed by atoms with Gasteiger partial charge in [-0.15, -0.1) is 11.3 Å². The van der Waals surface area contributed by atoms with E-state index in [0.29, 0.717) is 40.0 Å². The Morgan fingerprint density at radius 1 is 1.30 bits per heavy atom. The molecular formula is C20H17FN4O4S. The third kappa shape index (κ3) is 3.37. The van der Waals surface area contributed by atoms with Gasteiger partial charge in [-0.05, 0) is 31.0 Å². The number of aromatic nitrogens is 2. The quantitative estimate of drug-likeness (QED) is 0.664. The van der Waals surface area contributed by atoms with Crippen LogP contribution < -0.4 is 21.3 Å². The van der Waals surface area contributed by atoms with Crippen molar-refractivity contribution in [3.8, 4) is 22.3 Å². The van der Waals surface area contributed by atoms with E-state index in [4.69, 9.17) is 4.74 Å². The van der Waals surface area contributed by atoms with Gasteiger partial charge in [-0.1, -0.05) is 0 Å². The molecule has 0 bridgehead atoms. The molecule has 3 aromatic rings. The van der Waals surface area contributed by atoms with Crippen molar-refractivity contribution in [1.82, 2.24) is 14.9 Å². The molecule has 2 aromatic heterocycles. The molecule has 3 heterocycles. The molecule has 4 rings (SSSR count). The van der Waals surface area contributed by atoms with E-state index < -0.39 is 23.1 Å². The minimum absolute atomic E-state index is 0.0307. The number of thiophene rings is 1. The van der Waals surface area contributed by atoms with Gasteiger partial charge >= 0.3 is 5.69 Å². The lowest BCUT2D eigenvalue weighted by atomic mass is 10.1. The highest BCUT2D eigenvalue weighted by Gasteiger charge is 2.24. The van der Waals surface area contributed by atoms with Crippen molar-refractivity contribution in [3.05, 3.63) is 50.4 Å². The molecule has 1 aromatic carbocycles. The normalized spacial score (nSPS) is 16.7. The zero-order chi connectivity index (χ0) is 21.4. The maximum absolute atomic E-state index is 14.0. The number of carbonyl (C=O) groups excluding carboxylic acids is 1. The predicted molar refractivity (Wildman–Crippen MR) is 109 cm³/mol. The number of fused-ring (bicyclic) bond motifs is 1. The number of H-pyrrole nitrogens is 1. The second kappa shape index (κ2) is 7.76. The highest BCUT2D eigenvalue weighted by atomic mass is 32.1. The van der Waals surface area contributed by atoms with E-state index >= 15 is 0 Å². The van der Waals surface area contributed by atoms with E-state index in [2.05, 4.69) is 10.3 Å². The summed E-state index contributed by atoms with van der Waals surface area (Å²) in [7, 11) is 1.32. The number of carbonyl (C=O) groups is 1. The Labute approximate surface area is 173 Å². The van der Waals surface area contributed by atoms with Crippen molar-refractivity contribution in [3.63, 3.8) is 0 Å². The lowest BCUT2D eigenvalue weighted by molar-refractivity contribution is -0.121. The molecule has 2 N–H and O–H groups in total. The molecule has 154 valence electrons. The summed E-state index contributed by atoms with van der Waals surface area (Å²) in [6.07, 6.45) is 1.25. The zero-order valence-electron chi connectivity index (χ0n) is 16.0. The number of halogens is 1. The minimum Gasteiger partial charge on any atom is -0.494 e. The van der Waals surface area contributed by atoms with Crippen molar-refractivity contribution in [1.29, 1.82) is 5.26 Å². The van der Waals surface area contributed by atoms with E-state index in [-0.39, 0.29) is 23.6 Å². The van der Waals surface area contributed by atoms with Crippen LogP contribution >= 0.6 is 11.3 Å². The lowest BCUT2D eigenvalue weighted by Crippen LogP contribution is -2.38. The molecule has 1 fully saturated rings. The van der Waals surface area contributed by atoms with Crippen LogP contribution in [0.5, 0.6) is 5.75 Å². The van der Waals surface area contributed by atoms with Crippen LogP contribution in [-0.4, -0.2) is 29.1 Å². The van der Waals surface area contributed by atoms with Crippen molar-refractivity contribution in [2.45, 2.75) is 25.3 Å². The van der Waals surface area contributed by atoms with Gasteiger partial charge in [-0.25, -0.2) is 9.18 Å². The largest absolute Gasteiger partial charge is 0.494 e. The van der Waals surface area contributed by atoms with Gasteiger partial charge < -0.3 is 15.0 Å². The molecule has 8 nitrogen and oxygen atoms in total. The summed E-state index contributed by atoms with van der Waals surface area (Å²) in [5, 5.41) is 12.1. The van der Waals surface area contributed by atoms with Gasteiger partial charge in [0.15, 0.2) is 11.6 Å². The van der Waals surface area contributed by atoms with E-state index in [1.807, 2.05) is 6.07 Å². The molecule has 1 aliphatic rings. The van der Waals surface area contributed by atoms with E-state index in [0.717, 1.165) is 22.0 Å². The second-order valence-corrected chi connectivity index (χ2v) is 8.01. The standard InChI is InChI=1S/C20H17FN4O4S/c1-29-15-7-12(10(9-22)5-13(15)21)16-8-14-18(30-16)19(27)25(20(28)24-14)11-3-2-4-23-17(26)6-11/h5,7-8,11H,2-4,6H2,1H3,(H,23,26)(H,24,28)/t11-/m1/s1. The summed E-state index contributed by atoms with van der Waals surface area (Å²) >= 11 is 1.09. The molecule has 0 saturated carbocycles. The number of hydrogen-bond donors (Lipinski definition) is 2. The summed E-state index contributed by atoms with van der Waals surface area (Å²) in [6.45, 7) is 0.511. The zero-order valence-corrected chi connectivity index (χ0v) is 16.8. The monoisotopic (exact) mass is 428 g/mol. The Bertz CT molecular complexity index is 1320. The number of nitrogens with one attached hydrogen (secondary N) is 2. The third-order valence-electron chi connectivity index (χ3n) is 5.11. The SMILES string of the molecule is COc1cc(-c2cc3[nH]c(=O)n([C@@H]4CCCNC(=O)C4)c(=O)c3s2)c(C#N)cc1F. The second-order valence-electron chi connectivity index (χ2n) is 6.95. The molecule has 1 atom stereocenters. The van der Waals surface area contributed by atoms with Gasteiger partial charge in [0.25, 0.3) is 5.56 Å². The van der Waals surface area contributed by atoms with Gasteiger partial charge in [0, 0.05) is 23.4 Å². The number of nitriles is 1. The molecule has 1 aliphatic heterocycles. The van der Waals surface area contributed by atoms with Gasteiger partial charge in [0.1, 0.15) is 4.70 Å². The Morgan fingerprint density at radius 3 is 2.83 bits per heavy atom. The van der Waals surface area contributed by atoms with Crippen LogP contribution in [0, 0.1) is 17.1 Å². The number of methoxy groups -OCH3 is 1. The maximum Gasteiger partial charge on any atom is 0.329 e. The minimum atomic E-state index is -0.665. The van der Waals surface area contributed by atoms with Gasteiger partial charge in [-0.2, -0.15) is 5.26 Å². The third-order valence-corrected chi connectivity index (χ3v) is 6.26. The first-order chi connectivity index (χ1) is 14.4. The van der Waals surface area contributed by atoms with Crippen molar-refractivity contribution >= 4 is 27.5 Å². The van der Waals surface area contributed by atoms with Crippen molar-refractivity contribution < 1.29 is 13.9 Å². The maximum atomic E-state index is 14.0. The topological polar surface area (TPSA) is 117 Å². The van der Waals surface area contributed by atoms with Crippen molar-refractivity contribution in [2.75, 3.05) is 13.7 Å². The molecule has 0 radical (unpaired) electrons. The van der Waals surface area contributed by atoms with Crippen LogP contribution in [0.1, 0.15) is 30.9 Å². The number of benzene rings is 1. The predicted octanol–water partition coefficient (Wildman–Crippen LogP) is 2.28. The molecule has 1 amide bonds. The summed E-state index contributed by atoms with van der Waals surface area (Å²) in [4.78, 5) is 40.9. The summed E-state index contributed by atoms with van der Waals surface area (Å²) in [6, 6.07) is 5.47. The number of aromatic amines is 1. The summed E-state index contributed by atoms with van der Waals surface area (Å²) < 4.78 is 20.4. The summed E-state index contributed by atoms with van der Waals surface area (Å²) in [5.41, 5.74) is -0.266. The smallest absolute Gasteiger partial charge is 0.329 e. The Kier molecular flexibility index (Phi) is 5.13. The molecule has 0 spiro atoms. The van der Waals surface area contributed by atoms with Crippen LogP contribution in [0.4, 0.5) is 4.39 Å². The highest BCUT2D eigenvalue weighted by Crippen LogP contribution is 2.36. The Hall–Kier alpha value is -3.45. The van der Waals surface area contributed by atoms with E-state index in [1.165, 1.54) is 13.2 Å². The van der Waals surface area contributed by atoms with E-state index in [1.54, 1.807) is 6.07 Å². The first kappa shape index (κ1) is 19.8. The van der Waals surface area contributed by atoms with Gasteiger partial charge in [0.05, 0.1) is 30.3 Å². The van der Waals surface area contributed by atoms with Gasteiger partial charge in [-0.3, -0.25) is 14.2 Å². The first-order valence-electron chi connectivity index (χ1n) is 9.26. The van der Waals surface area contributed by atoms with Crippen molar-refractivity contribution in [2.24, 2.45) is 0 Å². The number of amides is 1. The number of ether oxygens (including phenoxy) is 1. The fourth-order valence-electron chi connectivity index (χ4n) is 3.66. The Balaban J connectivity index is 1.88. The fourth-order valence-corrected chi connectivity index (χ4v) is 4.75. The van der Waals surface area contributed by atoms with Crippen LogP contribution in [0.3, 0.4) is 0 Å². The van der Waals surface area contributed by atoms with E-state index in [9.17, 15) is 24.0 Å². The average Bonchev–Trinajstić information content (AvgIpc) is 3.02. The Morgan fingerprint density at radius 2 is 2.10 bits per heavy atom. The molecule has 30 heavy (non-hydrogen) atoms. The molecule has 10 heteroatoms. The number of nitrogens with zero attached hydrogens (tertiary/aromatic N) is 2. The molecule has 0 unspecified atom stereocenters. The highest BCUT2D eigenvalue weighted by molar-refractivity contribution is 7.22. The molecule has 0 aliphatic carbocycles. The van der Waals surface area contributed by atoms with Crippen LogP contribution in [0.15, 0.2) is 27.8 Å². The lowest BCUT2D eigenvalue weighted by Gasteiger charge is -2.14. The number of rotatable bonds is 3. The first-order valence-corrected chi connectivity index (χ1v) is 10.1. The number of hydrogen-bond acceptors (Lipinski definition) is 6. The van der Waals surface area contributed by atoms with Crippen LogP contribution in [0.2, 0.25) is 0 Å². The average molecular weight is 428 g/mol. The van der Waals surface area contributed by atoms with Gasteiger partial charge in [0.2, 0.25) is 5.91 Å². The molecule has 1 saturated heterocycles. The molecular weight excluding hydrogens is 411 g/mol. The van der Waals surface area contributed by atoms with Crippen LogP contribution in [-0.2, 0) is 4.79 Å². The van der Waals surface area contributed by atoms with Crippen LogP contribution in [0.25, 0.3) is 20.7 Å².